The number of thioether (sulfide) groups is 1. The average Bonchev–Trinajstić information content (AvgIpc) is 3.59. The molecule has 0 radical (unpaired) electrons. The molecular weight excluding hydrogens is 574 g/mol. The van der Waals surface area contributed by atoms with E-state index in [-0.39, 0.29) is 41.4 Å². The number of carbonyl (C=O) groups is 3. The van der Waals surface area contributed by atoms with Crippen LogP contribution in [0.5, 0.6) is 5.75 Å². The van der Waals surface area contributed by atoms with Crippen LogP contribution in [0.1, 0.15) is 60.3 Å². The van der Waals surface area contributed by atoms with Gasteiger partial charge in [0.2, 0.25) is 17.7 Å². The first-order chi connectivity index (χ1) is 21.1. The summed E-state index contributed by atoms with van der Waals surface area (Å²) in [6, 6.07) is 6.13. The number of benzene rings is 1. The van der Waals surface area contributed by atoms with E-state index in [1.807, 2.05) is 49.9 Å². The first-order valence-electron chi connectivity index (χ1n) is 16.3. The van der Waals surface area contributed by atoms with Crippen molar-refractivity contribution in [2.75, 3.05) is 37.7 Å². The molecule has 1 N–H and O–H groups in total. The number of likely N-dealkylation sites (tertiary alicyclic amines) is 1. The second-order valence-electron chi connectivity index (χ2n) is 12.7. The minimum atomic E-state index is -0.762. The Hall–Kier alpha value is -2.78. The van der Waals surface area contributed by atoms with Crippen molar-refractivity contribution >= 4 is 35.2 Å². The number of rotatable bonds is 16. The molecule has 3 saturated heterocycles. The molecule has 3 aliphatic rings. The summed E-state index contributed by atoms with van der Waals surface area (Å²) in [6.45, 7) is 19.5. The van der Waals surface area contributed by atoms with Crippen molar-refractivity contribution in [1.82, 2.24) is 9.80 Å². The maximum Gasteiger partial charge on any atom is 0.247 e. The Morgan fingerprint density at radius 1 is 1.14 bits per heavy atom. The van der Waals surface area contributed by atoms with Crippen molar-refractivity contribution in [3.8, 4) is 5.75 Å². The summed E-state index contributed by atoms with van der Waals surface area (Å²) >= 11 is 1.67. The van der Waals surface area contributed by atoms with Crippen molar-refractivity contribution < 1.29 is 24.2 Å². The van der Waals surface area contributed by atoms with Gasteiger partial charge in [-0.1, -0.05) is 52.7 Å². The predicted octanol–water partition coefficient (Wildman–Crippen LogP) is 5.16. The lowest BCUT2D eigenvalue weighted by Crippen LogP contribution is -2.60. The Bertz CT molecular complexity index is 1210. The van der Waals surface area contributed by atoms with Gasteiger partial charge in [0.1, 0.15) is 11.8 Å². The molecule has 3 amide bonds. The molecule has 242 valence electrons. The summed E-state index contributed by atoms with van der Waals surface area (Å²) in [5.41, 5.74) is 0.714. The fourth-order valence-electron chi connectivity index (χ4n) is 7.69. The van der Waals surface area contributed by atoms with Crippen molar-refractivity contribution in [2.45, 2.75) is 82.4 Å². The molecular formula is C35H51N3O5S. The standard InChI is InChI=1S/C35H51N3O5S/c1-8-12-13-20-36(18-9-2)34(42)31-35-24(7)21-28(44-35)29(30(35)33(41)38(31)27(22-39)23(5)6)32(40)37(19-10-3)25-14-16-26(17-15-25)43-11-4/h9-10,14-17,23-24,27-31,39H,2-3,8,11-13,18-22H2,1,4-7H3/t24?,27-,28-,29+,30-,31?,35?/m0/s1. The summed E-state index contributed by atoms with van der Waals surface area (Å²) in [4.78, 5) is 49.2. The van der Waals surface area contributed by atoms with Crippen molar-refractivity contribution in [3.63, 3.8) is 0 Å². The van der Waals surface area contributed by atoms with E-state index in [1.54, 1.807) is 33.7 Å². The van der Waals surface area contributed by atoms with E-state index in [4.69, 9.17) is 4.74 Å². The number of nitrogens with zero attached hydrogens (tertiary/aromatic N) is 3. The third kappa shape index (κ3) is 5.94. The zero-order chi connectivity index (χ0) is 32.2. The van der Waals surface area contributed by atoms with E-state index in [9.17, 15) is 19.5 Å². The zero-order valence-corrected chi connectivity index (χ0v) is 27.9. The fraction of sp³-hybridized carbons (Fsp3) is 0.629. The number of hydrogen-bond donors (Lipinski definition) is 1. The van der Waals surface area contributed by atoms with Crippen LogP contribution in [-0.4, -0.2) is 87.6 Å². The Morgan fingerprint density at radius 3 is 2.39 bits per heavy atom. The van der Waals surface area contributed by atoms with Gasteiger partial charge in [-0.15, -0.1) is 24.9 Å². The van der Waals surface area contributed by atoms with Gasteiger partial charge < -0.3 is 24.5 Å². The van der Waals surface area contributed by atoms with Crippen LogP contribution < -0.4 is 9.64 Å². The lowest BCUT2D eigenvalue weighted by molar-refractivity contribution is -0.146. The van der Waals surface area contributed by atoms with Crippen LogP contribution in [0.3, 0.4) is 0 Å². The average molecular weight is 626 g/mol. The number of anilines is 1. The number of hydrogen-bond acceptors (Lipinski definition) is 6. The molecule has 9 heteroatoms. The number of carbonyl (C=O) groups excluding carboxylic acids is 3. The third-order valence-electron chi connectivity index (χ3n) is 9.75. The van der Waals surface area contributed by atoms with Gasteiger partial charge >= 0.3 is 0 Å². The topological polar surface area (TPSA) is 90.4 Å². The van der Waals surface area contributed by atoms with Crippen molar-refractivity contribution in [2.24, 2.45) is 23.7 Å². The quantitative estimate of drug-likeness (QED) is 0.202. The Kier molecular flexibility index (Phi) is 11.3. The van der Waals surface area contributed by atoms with Gasteiger partial charge in [0, 0.05) is 30.6 Å². The molecule has 1 spiro atoms. The van der Waals surface area contributed by atoms with Crippen LogP contribution in [0.2, 0.25) is 0 Å². The highest BCUT2D eigenvalue weighted by Gasteiger charge is 2.77. The molecule has 3 aliphatic heterocycles. The maximum atomic E-state index is 14.7. The summed E-state index contributed by atoms with van der Waals surface area (Å²) < 4.78 is 4.85. The Labute approximate surface area is 267 Å². The molecule has 0 saturated carbocycles. The second kappa shape index (κ2) is 14.5. The molecule has 0 aliphatic carbocycles. The molecule has 3 heterocycles. The van der Waals surface area contributed by atoms with Gasteiger partial charge in [-0.05, 0) is 55.9 Å². The maximum absolute atomic E-state index is 14.7. The zero-order valence-electron chi connectivity index (χ0n) is 27.1. The highest BCUT2D eigenvalue weighted by molar-refractivity contribution is 8.02. The Balaban J connectivity index is 1.79. The third-order valence-corrected chi connectivity index (χ3v) is 11.8. The number of unbranched alkanes of at least 4 members (excludes halogenated alkanes) is 2. The van der Waals surface area contributed by atoms with E-state index in [0.29, 0.717) is 31.9 Å². The van der Waals surface area contributed by atoms with Crippen LogP contribution >= 0.6 is 11.8 Å². The van der Waals surface area contributed by atoms with Gasteiger partial charge in [0.15, 0.2) is 0 Å². The highest BCUT2D eigenvalue weighted by Crippen LogP contribution is 2.69. The number of aliphatic hydroxyl groups excluding tert-OH is 1. The van der Waals surface area contributed by atoms with Crippen LogP contribution in [-0.2, 0) is 14.4 Å². The first kappa shape index (κ1) is 34.1. The van der Waals surface area contributed by atoms with Crippen molar-refractivity contribution in [3.05, 3.63) is 49.6 Å². The molecule has 1 aromatic rings. The molecule has 44 heavy (non-hydrogen) atoms. The normalized spacial score (nSPS) is 27.8. The van der Waals surface area contributed by atoms with E-state index in [0.717, 1.165) is 31.4 Å². The fourth-order valence-corrected chi connectivity index (χ4v) is 10.1. The van der Waals surface area contributed by atoms with Gasteiger partial charge in [-0.2, -0.15) is 0 Å². The van der Waals surface area contributed by atoms with Crippen molar-refractivity contribution in [1.29, 1.82) is 0 Å². The SMILES string of the molecule is C=CCN(CCCCC)C(=O)C1N([C@@H](CO)C(C)C)C(=O)[C@@H]2[C@H](C(=O)N(CC=C)c3ccc(OCC)cc3)[C@@H]3CC(C)C12S3. The molecule has 4 rings (SSSR count). The summed E-state index contributed by atoms with van der Waals surface area (Å²) in [7, 11) is 0. The minimum absolute atomic E-state index is 0.0421. The lowest BCUT2D eigenvalue weighted by Gasteiger charge is -2.43. The van der Waals surface area contributed by atoms with Crippen LogP contribution in [0.25, 0.3) is 0 Å². The molecule has 3 fully saturated rings. The summed E-state index contributed by atoms with van der Waals surface area (Å²) in [5.74, 6) is -0.966. The summed E-state index contributed by atoms with van der Waals surface area (Å²) in [5, 5.41) is 10.5. The number of aliphatic hydroxyl groups is 1. The van der Waals surface area contributed by atoms with Gasteiger partial charge in [0.05, 0.1) is 35.8 Å². The smallest absolute Gasteiger partial charge is 0.247 e. The van der Waals surface area contributed by atoms with Crippen LogP contribution in [0, 0.1) is 23.7 Å². The molecule has 2 bridgehead atoms. The molecule has 8 nitrogen and oxygen atoms in total. The van der Waals surface area contributed by atoms with Crippen LogP contribution in [0.4, 0.5) is 5.69 Å². The number of amides is 3. The highest BCUT2D eigenvalue weighted by atomic mass is 32.2. The van der Waals surface area contributed by atoms with E-state index in [1.165, 1.54) is 0 Å². The Morgan fingerprint density at radius 2 is 1.82 bits per heavy atom. The minimum Gasteiger partial charge on any atom is -0.494 e. The van der Waals surface area contributed by atoms with Gasteiger partial charge in [0.25, 0.3) is 0 Å². The van der Waals surface area contributed by atoms with E-state index >= 15 is 0 Å². The van der Waals surface area contributed by atoms with Gasteiger partial charge in [-0.3, -0.25) is 14.4 Å². The van der Waals surface area contributed by atoms with Crippen LogP contribution in [0.15, 0.2) is 49.6 Å². The molecule has 3 unspecified atom stereocenters. The number of fused-ring (bicyclic) bond motifs is 1. The lowest BCUT2D eigenvalue weighted by atomic mass is 9.65. The summed E-state index contributed by atoms with van der Waals surface area (Å²) in [6.07, 6.45) is 7.09. The molecule has 0 aromatic heterocycles. The second-order valence-corrected chi connectivity index (χ2v) is 14.3. The van der Waals surface area contributed by atoms with E-state index in [2.05, 4.69) is 27.0 Å². The predicted molar refractivity (Wildman–Crippen MR) is 178 cm³/mol. The first-order valence-corrected chi connectivity index (χ1v) is 17.2. The van der Waals surface area contributed by atoms with Gasteiger partial charge in [-0.25, -0.2) is 0 Å². The molecule has 7 atom stereocenters. The largest absolute Gasteiger partial charge is 0.494 e. The van der Waals surface area contributed by atoms with E-state index < -0.39 is 28.7 Å². The molecule has 1 aromatic carbocycles. The number of ether oxygens (including phenoxy) is 1. The monoisotopic (exact) mass is 625 g/mol.